The highest BCUT2D eigenvalue weighted by Gasteiger charge is 2.15. The number of carbonyl (C=O) groups is 1. The number of hydrogen-bond donors (Lipinski definition) is 1. The van der Waals surface area contributed by atoms with Gasteiger partial charge < -0.3 is 5.32 Å². The minimum absolute atomic E-state index is 0.0428. The van der Waals surface area contributed by atoms with E-state index in [1.54, 1.807) is 6.20 Å². The number of fused-ring (bicyclic) bond motifs is 1. The largest absolute Gasteiger partial charge is 0.322 e. The molecule has 112 valence electrons. The van der Waals surface area contributed by atoms with Crippen molar-refractivity contribution in [1.82, 2.24) is 9.38 Å². The Morgan fingerprint density at radius 1 is 1.36 bits per heavy atom. The number of aromatic nitrogens is 2. The van der Waals surface area contributed by atoms with E-state index >= 15 is 0 Å². The Labute approximate surface area is 131 Å². The summed E-state index contributed by atoms with van der Waals surface area (Å²) in [4.78, 5) is 30.5. The van der Waals surface area contributed by atoms with Crippen molar-refractivity contribution in [3.05, 3.63) is 63.0 Å². The van der Waals surface area contributed by atoms with Crippen LogP contribution >= 0.6 is 11.3 Å². The van der Waals surface area contributed by atoms with Gasteiger partial charge in [0.25, 0.3) is 11.5 Å². The lowest BCUT2D eigenvalue weighted by Crippen LogP contribution is -2.26. The molecule has 0 aliphatic carbocycles. The van der Waals surface area contributed by atoms with Crippen LogP contribution in [0.2, 0.25) is 0 Å². The summed E-state index contributed by atoms with van der Waals surface area (Å²) < 4.78 is 1.42. The van der Waals surface area contributed by atoms with Crippen LogP contribution in [0.3, 0.4) is 0 Å². The van der Waals surface area contributed by atoms with Crippen LogP contribution in [0.1, 0.15) is 27.7 Å². The Bertz CT molecular complexity index is 911. The molecular formula is C16H15N3O2S. The zero-order valence-electron chi connectivity index (χ0n) is 12.3. The molecule has 0 atom stereocenters. The molecule has 2 aromatic heterocycles. The van der Waals surface area contributed by atoms with Crippen LogP contribution in [0, 0.1) is 6.92 Å². The van der Waals surface area contributed by atoms with Crippen LogP contribution < -0.4 is 10.9 Å². The van der Waals surface area contributed by atoms with Crippen LogP contribution in [0.15, 0.2) is 41.5 Å². The van der Waals surface area contributed by atoms with Crippen LogP contribution in [-0.4, -0.2) is 15.3 Å². The summed E-state index contributed by atoms with van der Waals surface area (Å²) in [5.74, 6) is -0.434. The molecule has 0 radical (unpaired) electrons. The highest BCUT2D eigenvalue weighted by Crippen LogP contribution is 2.17. The molecule has 1 N–H and O–H groups in total. The fraction of sp³-hybridized carbons (Fsp3) is 0.188. The maximum atomic E-state index is 12.4. The Balaban J connectivity index is 1.99. The lowest BCUT2D eigenvalue weighted by molar-refractivity contribution is 0.102. The molecule has 0 aliphatic rings. The summed E-state index contributed by atoms with van der Waals surface area (Å²) in [5.41, 5.74) is 1.44. The van der Waals surface area contributed by atoms with Crippen molar-refractivity contribution in [2.24, 2.45) is 0 Å². The quantitative estimate of drug-likeness (QED) is 0.808. The van der Waals surface area contributed by atoms with Crippen LogP contribution in [-0.2, 0) is 6.42 Å². The van der Waals surface area contributed by atoms with Crippen molar-refractivity contribution in [3.8, 4) is 0 Å². The third-order valence-electron chi connectivity index (χ3n) is 3.41. The van der Waals surface area contributed by atoms with E-state index in [1.807, 2.05) is 38.1 Å². The number of thiazole rings is 1. The van der Waals surface area contributed by atoms with Crippen LogP contribution in [0.4, 0.5) is 5.69 Å². The van der Waals surface area contributed by atoms with E-state index in [4.69, 9.17) is 0 Å². The predicted molar refractivity (Wildman–Crippen MR) is 87.8 cm³/mol. The Kier molecular flexibility index (Phi) is 3.77. The van der Waals surface area contributed by atoms with Gasteiger partial charge >= 0.3 is 0 Å². The van der Waals surface area contributed by atoms with Gasteiger partial charge in [-0.15, -0.1) is 11.3 Å². The second-order valence-electron chi connectivity index (χ2n) is 4.94. The summed E-state index contributed by atoms with van der Waals surface area (Å²) in [5, 5.41) is 2.80. The molecular weight excluding hydrogens is 298 g/mol. The number of anilines is 1. The SMILES string of the molecule is CCc1ccccc1NC(=O)c1cnc2sc(C)cn2c1=O. The molecule has 0 saturated carbocycles. The number of nitrogens with zero attached hydrogens (tertiary/aromatic N) is 2. The average molecular weight is 313 g/mol. The first-order valence-corrected chi connectivity index (χ1v) is 7.79. The third-order valence-corrected chi connectivity index (χ3v) is 4.33. The molecule has 0 spiro atoms. The van der Waals surface area contributed by atoms with E-state index in [-0.39, 0.29) is 11.1 Å². The molecule has 5 nitrogen and oxygen atoms in total. The van der Waals surface area contributed by atoms with Crippen LogP contribution in [0.25, 0.3) is 4.96 Å². The van der Waals surface area contributed by atoms with Gasteiger partial charge in [-0.25, -0.2) is 4.98 Å². The third kappa shape index (κ3) is 2.53. The van der Waals surface area contributed by atoms with Crippen molar-refractivity contribution >= 4 is 27.9 Å². The molecule has 0 saturated heterocycles. The molecule has 22 heavy (non-hydrogen) atoms. The van der Waals surface area contributed by atoms with E-state index in [9.17, 15) is 9.59 Å². The Morgan fingerprint density at radius 3 is 2.91 bits per heavy atom. The molecule has 6 heteroatoms. The van der Waals surface area contributed by atoms with Gasteiger partial charge in [0.15, 0.2) is 4.96 Å². The number of carbonyl (C=O) groups excluding carboxylic acids is 1. The van der Waals surface area contributed by atoms with Gasteiger partial charge in [-0.2, -0.15) is 0 Å². The van der Waals surface area contributed by atoms with Gasteiger partial charge in [-0.3, -0.25) is 14.0 Å². The summed E-state index contributed by atoms with van der Waals surface area (Å²) >= 11 is 1.42. The van der Waals surface area contributed by atoms with Crippen molar-refractivity contribution < 1.29 is 4.79 Å². The highest BCUT2D eigenvalue weighted by atomic mass is 32.1. The number of rotatable bonds is 3. The van der Waals surface area contributed by atoms with Crippen molar-refractivity contribution in [3.63, 3.8) is 0 Å². The van der Waals surface area contributed by atoms with Gasteiger partial charge in [-0.05, 0) is 25.0 Å². The zero-order valence-corrected chi connectivity index (χ0v) is 13.1. The van der Waals surface area contributed by atoms with E-state index in [1.165, 1.54) is 21.9 Å². The number of para-hydroxylation sites is 1. The van der Waals surface area contributed by atoms with Gasteiger partial charge in [0.2, 0.25) is 0 Å². The molecule has 3 rings (SSSR count). The second kappa shape index (κ2) is 5.73. The maximum Gasteiger partial charge on any atom is 0.271 e. The number of hydrogen-bond acceptors (Lipinski definition) is 4. The highest BCUT2D eigenvalue weighted by molar-refractivity contribution is 7.16. The first-order valence-electron chi connectivity index (χ1n) is 6.97. The van der Waals surface area contributed by atoms with Gasteiger partial charge in [0.1, 0.15) is 5.56 Å². The summed E-state index contributed by atoms with van der Waals surface area (Å²) in [7, 11) is 0. The minimum atomic E-state index is -0.434. The zero-order chi connectivity index (χ0) is 15.7. The van der Waals surface area contributed by atoms with E-state index < -0.39 is 5.91 Å². The lowest BCUT2D eigenvalue weighted by Gasteiger charge is -2.09. The van der Waals surface area contributed by atoms with Crippen molar-refractivity contribution in [2.75, 3.05) is 5.32 Å². The van der Waals surface area contributed by atoms with Gasteiger partial charge in [0.05, 0.1) is 0 Å². The van der Waals surface area contributed by atoms with Crippen molar-refractivity contribution in [2.45, 2.75) is 20.3 Å². The smallest absolute Gasteiger partial charge is 0.271 e. The number of amides is 1. The number of aryl methyl sites for hydroxylation is 2. The predicted octanol–water partition coefficient (Wildman–Crippen LogP) is 2.88. The molecule has 3 aromatic rings. The van der Waals surface area contributed by atoms with Gasteiger partial charge in [0, 0.05) is 23.0 Å². The Hall–Kier alpha value is -2.47. The van der Waals surface area contributed by atoms with Crippen molar-refractivity contribution in [1.29, 1.82) is 0 Å². The first kappa shape index (κ1) is 14.5. The molecule has 2 heterocycles. The standard InChI is InChI=1S/C16H15N3O2S/c1-3-11-6-4-5-7-13(11)18-14(20)12-8-17-16-19(15(12)21)9-10(2)22-16/h4-9H,3H2,1-2H3,(H,18,20). The molecule has 0 unspecified atom stereocenters. The number of nitrogens with one attached hydrogen (secondary N) is 1. The molecule has 0 aliphatic heterocycles. The summed E-state index contributed by atoms with van der Waals surface area (Å²) in [6.07, 6.45) is 3.85. The maximum absolute atomic E-state index is 12.4. The molecule has 0 fully saturated rings. The van der Waals surface area contributed by atoms with E-state index in [0.717, 1.165) is 22.5 Å². The molecule has 1 aromatic carbocycles. The van der Waals surface area contributed by atoms with E-state index in [0.29, 0.717) is 4.96 Å². The first-order chi connectivity index (χ1) is 10.6. The monoisotopic (exact) mass is 313 g/mol. The molecule has 1 amide bonds. The lowest BCUT2D eigenvalue weighted by atomic mass is 10.1. The average Bonchev–Trinajstić information content (AvgIpc) is 2.89. The fourth-order valence-electron chi connectivity index (χ4n) is 2.29. The van der Waals surface area contributed by atoms with Gasteiger partial charge in [-0.1, -0.05) is 25.1 Å². The normalized spacial score (nSPS) is 10.8. The summed E-state index contributed by atoms with van der Waals surface area (Å²) in [6.45, 7) is 3.91. The molecule has 0 bridgehead atoms. The topological polar surface area (TPSA) is 63.5 Å². The fourth-order valence-corrected chi connectivity index (χ4v) is 3.08. The van der Waals surface area contributed by atoms with Crippen LogP contribution in [0.5, 0.6) is 0 Å². The minimum Gasteiger partial charge on any atom is -0.322 e. The number of benzene rings is 1. The van der Waals surface area contributed by atoms with E-state index in [2.05, 4.69) is 10.3 Å². The Morgan fingerprint density at radius 2 is 2.14 bits per heavy atom. The summed E-state index contributed by atoms with van der Waals surface area (Å²) in [6, 6.07) is 7.55. The second-order valence-corrected chi connectivity index (χ2v) is 6.15.